The van der Waals surface area contributed by atoms with Crippen LogP contribution in [0.25, 0.3) is 11.0 Å². The van der Waals surface area contributed by atoms with Crippen LogP contribution in [0.4, 0.5) is 5.69 Å². The van der Waals surface area contributed by atoms with E-state index in [1.54, 1.807) is 31.2 Å². The molecule has 9 nitrogen and oxygen atoms in total. The third kappa shape index (κ3) is 4.51. The van der Waals surface area contributed by atoms with E-state index in [2.05, 4.69) is 10.3 Å². The molecule has 1 heterocycles. The highest BCUT2D eigenvalue weighted by atomic mass is 32.2. The number of anilines is 1. The number of nitrogens with zero attached hydrogens (tertiary/aromatic N) is 3. The van der Waals surface area contributed by atoms with Gasteiger partial charge in [-0.3, -0.25) is 4.79 Å². The van der Waals surface area contributed by atoms with Crippen LogP contribution in [0, 0.1) is 6.92 Å². The minimum Gasteiger partial charge on any atom is -0.454 e. The second-order valence-corrected chi connectivity index (χ2v) is 9.62. The van der Waals surface area contributed by atoms with E-state index in [0.29, 0.717) is 23.6 Å². The van der Waals surface area contributed by atoms with E-state index in [-0.39, 0.29) is 23.0 Å². The maximum Gasteiger partial charge on any atom is 0.340 e. The summed E-state index contributed by atoms with van der Waals surface area (Å²) < 4.78 is 33.4. The number of imidazole rings is 1. The van der Waals surface area contributed by atoms with E-state index in [9.17, 15) is 18.0 Å². The quantitative estimate of drug-likeness (QED) is 0.545. The molecule has 0 spiro atoms. The van der Waals surface area contributed by atoms with Crippen molar-refractivity contribution in [3.8, 4) is 0 Å². The Bertz CT molecular complexity index is 1300. The summed E-state index contributed by atoms with van der Waals surface area (Å²) in [6.45, 7) is 5.54. The number of aromatic nitrogens is 2. The summed E-state index contributed by atoms with van der Waals surface area (Å²) in [5, 5.41) is 2.67. The third-order valence-corrected chi connectivity index (χ3v) is 6.83. The maximum atomic E-state index is 12.8. The molecule has 0 saturated heterocycles. The first-order chi connectivity index (χ1) is 15.1. The third-order valence-electron chi connectivity index (χ3n) is 5.02. The van der Waals surface area contributed by atoms with Crippen LogP contribution in [0.5, 0.6) is 0 Å². The molecule has 0 atom stereocenters. The number of hydrogen-bond acceptors (Lipinski definition) is 6. The summed E-state index contributed by atoms with van der Waals surface area (Å²) >= 11 is 0. The van der Waals surface area contributed by atoms with Crippen LogP contribution in [0.3, 0.4) is 0 Å². The van der Waals surface area contributed by atoms with Crippen LogP contribution in [0.1, 0.15) is 35.6 Å². The van der Waals surface area contributed by atoms with Crippen molar-refractivity contribution in [2.45, 2.75) is 38.8 Å². The predicted octanol–water partition coefficient (Wildman–Crippen LogP) is 2.93. The maximum absolute atomic E-state index is 12.8. The van der Waals surface area contributed by atoms with Crippen molar-refractivity contribution in [2.24, 2.45) is 0 Å². The molecule has 170 valence electrons. The summed E-state index contributed by atoms with van der Waals surface area (Å²) in [7, 11) is -0.659. The highest BCUT2D eigenvalue weighted by Gasteiger charge is 2.21. The van der Waals surface area contributed by atoms with E-state index in [1.807, 2.05) is 11.5 Å². The van der Waals surface area contributed by atoms with Crippen LogP contribution in [0.2, 0.25) is 0 Å². The Labute approximate surface area is 187 Å². The molecule has 0 bridgehead atoms. The molecular weight excluding hydrogens is 432 g/mol. The number of fused-ring (bicyclic) bond motifs is 1. The molecule has 1 N–H and O–H groups in total. The molecule has 0 radical (unpaired) electrons. The van der Waals surface area contributed by atoms with E-state index in [0.717, 1.165) is 15.4 Å². The van der Waals surface area contributed by atoms with E-state index in [1.165, 1.54) is 33.2 Å². The van der Waals surface area contributed by atoms with Gasteiger partial charge in [0.15, 0.2) is 0 Å². The molecule has 3 rings (SSSR count). The Morgan fingerprint density at radius 1 is 1.19 bits per heavy atom. The minimum absolute atomic E-state index is 0.107. The zero-order chi connectivity index (χ0) is 23.6. The van der Waals surface area contributed by atoms with Gasteiger partial charge in [-0.05, 0) is 43.7 Å². The van der Waals surface area contributed by atoms with Crippen LogP contribution >= 0.6 is 0 Å². The standard InChI is InChI=1S/C22H26N4O5S/c1-6-26-19-11-10-16(32(29,30)25(4)5)12-18(19)24-20(26)13-31-22(28)17-9-7-8-14(2)21(17)23-15(3)27/h7-12H,6,13H2,1-5H3,(H,23,27). The van der Waals surface area contributed by atoms with Gasteiger partial charge in [-0.15, -0.1) is 0 Å². The second kappa shape index (κ2) is 9.09. The molecule has 2 aromatic carbocycles. The largest absolute Gasteiger partial charge is 0.454 e. The Morgan fingerprint density at radius 3 is 2.53 bits per heavy atom. The van der Waals surface area contributed by atoms with Gasteiger partial charge in [-0.2, -0.15) is 0 Å². The zero-order valence-corrected chi connectivity index (χ0v) is 19.5. The number of ether oxygens (including phenoxy) is 1. The number of para-hydroxylation sites is 1. The van der Waals surface area contributed by atoms with Gasteiger partial charge in [0, 0.05) is 27.6 Å². The molecule has 0 unspecified atom stereocenters. The van der Waals surface area contributed by atoms with Crippen molar-refractivity contribution in [2.75, 3.05) is 19.4 Å². The van der Waals surface area contributed by atoms with Crippen LogP contribution in [0.15, 0.2) is 41.3 Å². The van der Waals surface area contributed by atoms with E-state index in [4.69, 9.17) is 4.74 Å². The van der Waals surface area contributed by atoms with Crippen molar-refractivity contribution in [1.82, 2.24) is 13.9 Å². The first-order valence-electron chi connectivity index (χ1n) is 10.0. The summed E-state index contributed by atoms with van der Waals surface area (Å²) in [4.78, 5) is 28.9. The molecule has 1 amide bonds. The van der Waals surface area contributed by atoms with Crippen LogP contribution in [-0.2, 0) is 32.7 Å². The molecule has 0 saturated carbocycles. The topological polar surface area (TPSA) is 111 Å². The fraction of sp³-hybridized carbons (Fsp3) is 0.318. The first-order valence-corrected chi connectivity index (χ1v) is 11.5. The molecule has 1 aromatic heterocycles. The highest BCUT2D eigenvalue weighted by molar-refractivity contribution is 7.89. The molecule has 10 heteroatoms. The number of amides is 1. The number of esters is 1. The summed E-state index contributed by atoms with van der Waals surface area (Å²) in [6.07, 6.45) is 0. The zero-order valence-electron chi connectivity index (χ0n) is 18.7. The number of benzene rings is 2. The summed E-state index contributed by atoms with van der Waals surface area (Å²) in [5.74, 6) is -0.392. The molecule has 0 aliphatic rings. The van der Waals surface area contributed by atoms with Crippen molar-refractivity contribution in [3.63, 3.8) is 0 Å². The smallest absolute Gasteiger partial charge is 0.340 e. The predicted molar refractivity (Wildman–Crippen MR) is 121 cm³/mol. The number of sulfonamides is 1. The van der Waals surface area contributed by atoms with Gasteiger partial charge in [-0.1, -0.05) is 12.1 Å². The lowest BCUT2D eigenvalue weighted by atomic mass is 10.1. The molecule has 32 heavy (non-hydrogen) atoms. The monoisotopic (exact) mass is 458 g/mol. The number of nitrogens with one attached hydrogen (secondary N) is 1. The van der Waals surface area contributed by atoms with Crippen LogP contribution < -0.4 is 5.32 Å². The summed E-state index contributed by atoms with van der Waals surface area (Å²) in [6, 6.07) is 9.83. The van der Waals surface area contributed by atoms with Gasteiger partial charge < -0.3 is 14.6 Å². The van der Waals surface area contributed by atoms with Gasteiger partial charge in [0.2, 0.25) is 15.9 Å². The van der Waals surface area contributed by atoms with Gasteiger partial charge >= 0.3 is 5.97 Å². The van der Waals surface area contributed by atoms with Crippen molar-refractivity contribution in [3.05, 3.63) is 53.3 Å². The molecule has 0 fully saturated rings. The summed E-state index contributed by atoms with van der Waals surface area (Å²) in [5.41, 5.74) is 2.64. The fourth-order valence-electron chi connectivity index (χ4n) is 3.38. The van der Waals surface area contributed by atoms with Gasteiger partial charge in [0.05, 0.1) is 27.2 Å². The van der Waals surface area contributed by atoms with E-state index < -0.39 is 16.0 Å². The number of hydrogen-bond donors (Lipinski definition) is 1. The SMILES string of the molecule is CCn1c(COC(=O)c2cccc(C)c2NC(C)=O)nc2cc(S(=O)(=O)N(C)C)ccc21. The Hall–Kier alpha value is -3.24. The number of rotatable bonds is 7. The first kappa shape index (κ1) is 23.4. The van der Waals surface area contributed by atoms with Crippen molar-refractivity contribution >= 4 is 38.6 Å². The average Bonchev–Trinajstić information content (AvgIpc) is 3.09. The lowest BCUT2D eigenvalue weighted by Gasteiger charge is -2.13. The van der Waals surface area contributed by atoms with Gasteiger partial charge in [0.25, 0.3) is 0 Å². The average molecular weight is 459 g/mol. The molecular formula is C22H26N4O5S. The lowest BCUT2D eigenvalue weighted by Crippen LogP contribution is -2.22. The van der Waals surface area contributed by atoms with Crippen LogP contribution in [-0.4, -0.2) is 48.2 Å². The molecule has 0 aliphatic heterocycles. The Balaban J connectivity index is 1.91. The Morgan fingerprint density at radius 2 is 1.91 bits per heavy atom. The fourth-order valence-corrected chi connectivity index (χ4v) is 4.30. The van der Waals surface area contributed by atoms with Crippen molar-refractivity contribution in [1.29, 1.82) is 0 Å². The normalized spacial score (nSPS) is 11.7. The van der Waals surface area contributed by atoms with E-state index >= 15 is 0 Å². The van der Waals surface area contributed by atoms with Gasteiger partial charge in [0.1, 0.15) is 12.4 Å². The molecule has 0 aliphatic carbocycles. The number of carbonyl (C=O) groups is 2. The number of carbonyl (C=O) groups excluding carboxylic acids is 2. The number of aryl methyl sites for hydroxylation is 2. The molecule has 3 aromatic rings. The Kier molecular flexibility index (Phi) is 6.65. The second-order valence-electron chi connectivity index (χ2n) is 7.47. The highest BCUT2D eigenvalue weighted by Crippen LogP contribution is 2.24. The van der Waals surface area contributed by atoms with Gasteiger partial charge in [-0.25, -0.2) is 22.5 Å². The van der Waals surface area contributed by atoms with Crippen molar-refractivity contribution < 1.29 is 22.7 Å². The lowest BCUT2D eigenvalue weighted by molar-refractivity contribution is -0.114. The minimum atomic E-state index is -3.60.